The van der Waals surface area contributed by atoms with E-state index in [-0.39, 0.29) is 17.3 Å². The molecule has 1 spiro atoms. The van der Waals surface area contributed by atoms with Crippen LogP contribution in [-0.4, -0.2) is 30.6 Å². The van der Waals surface area contributed by atoms with Crippen LogP contribution in [0, 0.1) is 11.6 Å². The number of anilines is 2. The van der Waals surface area contributed by atoms with Crippen LogP contribution in [0.5, 0.6) is 0 Å². The number of hydrogen-bond donors (Lipinski definition) is 1. The van der Waals surface area contributed by atoms with E-state index >= 15 is 0 Å². The number of carbonyl (C=O) groups excluding carboxylic acids is 1. The minimum Gasteiger partial charge on any atom is -0.307 e. The molecule has 0 radical (unpaired) electrons. The van der Waals surface area contributed by atoms with Crippen molar-refractivity contribution in [1.29, 1.82) is 0 Å². The molecule has 33 heavy (non-hydrogen) atoms. The molecule has 0 atom stereocenters. The number of rotatable bonds is 3. The highest BCUT2D eigenvalue weighted by atomic mass is 35.5. The quantitative estimate of drug-likeness (QED) is 0.497. The zero-order valence-corrected chi connectivity index (χ0v) is 18.8. The van der Waals surface area contributed by atoms with Gasteiger partial charge in [0.05, 0.1) is 0 Å². The Balaban J connectivity index is 1.35. The van der Waals surface area contributed by atoms with Crippen molar-refractivity contribution < 1.29 is 13.6 Å². The first kappa shape index (κ1) is 21.9. The third kappa shape index (κ3) is 4.45. The number of hydrogen-bond acceptors (Lipinski definition) is 2. The summed E-state index contributed by atoms with van der Waals surface area (Å²) >= 11 is 6.13. The molecule has 5 rings (SSSR count). The van der Waals surface area contributed by atoms with Gasteiger partial charge in [0.2, 0.25) is 0 Å². The van der Waals surface area contributed by atoms with Crippen molar-refractivity contribution in [3.05, 3.63) is 94.5 Å². The zero-order valence-electron chi connectivity index (χ0n) is 18.0. The molecule has 170 valence electrons. The molecule has 0 bridgehead atoms. The van der Waals surface area contributed by atoms with Crippen molar-refractivity contribution in [2.24, 2.45) is 0 Å². The number of benzene rings is 3. The first-order chi connectivity index (χ1) is 15.9. The summed E-state index contributed by atoms with van der Waals surface area (Å²) in [6.07, 6.45) is 1.63. The van der Waals surface area contributed by atoms with E-state index in [4.69, 9.17) is 11.6 Å². The van der Waals surface area contributed by atoms with Gasteiger partial charge in [-0.25, -0.2) is 13.6 Å². The Bertz CT molecular complexity index is 1190. The van der Waals surface area contributed by atoms with Crippen molar-refractivity contribution in [2.75, 3.05) is 29.9 Å². The van der Waals surface area contributed by atoms with Crippen LogP contribution in [0.15, 0.2) is 66.7 Å². The second-order valence-electron chi connectivity index (χ2n) is 8.87. The lowest BCUT2D eigenvalue weighted by molar-refractivity contribution is 0.160. The topological polar surface area (TPSA) is 35.6 Å². The fourth-order valence-corrected chi connectivity index (χ4v) is 5.25. The maximum absolute atomic E-state index is 14.2. The normalized spacial score (nSPS) is 17.2. The van der Waals surface area contributed by atoms with E-state index in [0.717, 1.165) is 48.6 Å². The average Bonchev–Trinajstić information content (AvgIpc) is 3.09. The molecule has 1 N–H and O–H groups in total. The highest BCUT2D eigenvalue weighted by Crippen LogP contribution is 2.47. The van der Waals surface area contributed by atoms with Gasteiger partial charge in [-0.3, -0.25) is 9.80 Å². The maximum Gasteiger partial charge on any atom is 0.326 e. The summed E-state index contributed by atoms with van der Waals surface area (Å²) in [6.45, 7) is 2.94. The number of likely N-dealkylation sites (tertiary alicyclic amines) is 1. The molecule has 1 saturated heterocycles. The van der Waals surface area contributed by atoms with Gasteiger partial charge in [-0.15, -0.1) is 0 Å². The molecule has 7 heteroatoms. The summed E-state index contributed by atoms with van der Waals surface area (Å²) in [5.74, 6) is -0.720. The zero-order chi connectivity index (χ0) is 23.0. The number of halogens is 3. The van der Waals surface area contributed by atoms with Crippen molar-refractivity contribution in [1.82, 2.24) is 4.90 Å². The molecular formula is C26H24ClF2N3O. The van der Waals surface area contributed by atoms with Gasteiger partial charge in [0.25, 0.3) is 0 Å². The van der Waals surface area contributed by atoms with Crippen LogP contribution in [0.1, 0.15) is 24.0 Å². The lowest BCUT2D eigenvalue weighted by Gasteiger charge is -2.40. The maximum atomic E-state index is 14.2. The third-order valence-electron chi connectivity index (χ3n) is 6.71. The van der Waals surface area contributed by atoms with Crippen molar-refractivity contribution in [2.45, 2.75) is 24.8 Å². The second kappa shape index (κ2) is 8.76. The molecule has 2 aliphatic rings. The first-order valence-electron chi connectivity index (χ1n) is 11.0. The van der Waals surface area contributed by atoms with Gasteiger partial charge in [-0.1, -0.05) is 29.8 Å². The monoisotopic (exact) mass is 467 g/mol. The SMILES string of the molecule is O=C(Nc1cccc(F)c1)N1CC2(CCN(Cc3cccc(Cl)c3)CC2)c2cc(F)ccc21. The molecule has 1 fully saturated rings. The van der Waals surface area contributed by atoms with Crippen LogP contribution in [-0.2, 0) is 12.0 Å². The minimum atomic E-state index is -0.416. The Labute approximate surface area is 196 Å². The van der Waals surface area contributed by atoms with Gasteiger partial charge in [0.15, 0.2) is 0 Å². The van der Waals surface area contributed by atoms with E-state index in [9.17, 15) is 13.6 Å². The fourth-order valence-electron chi connectivity index (χ4n) is 5.04. The van der Waals surface area contributed by atoms with Crippen LogP contribution in [0.25, 0.3) is 0 Å². The summed E-state index contributed by atoms with van der Waals surface area (Å²) in [7, 11) is 0. The van der Waals surface area contributed by atoms with Gasteiger partial charge >= 0.3 is 6.03 Å². The van der Waals surface area contributed by atoms with Crippen molar-refractivity contribution in [3.63, 3.8) is 0 Å². The molecule has 2 aliphatic heterocycles. The van der Waals surface area contributed by atoms with Gasteiger partial charge in [-0.05, 0) is 85.6 Å². The van der Waals surface area contributed by atoms with Crippen LogP contribution in [0.4, 0.5) is 25.0 Å². The number of nitrogens with one attached hydrogen (secondary N) is 1. The summed E-state index contributed by atoms with van der Waals surface area (Å²) in [4.78, 5) is 17.1. The minimum absolute atomic E-state index is 0.304. The lowest BCUT2D eigenvalue weighted by Crippen LogP contribution is -2.46. The van der Waals surface area contributed by atoms with E-state index in [1.54, 1.807) is 29.2 Å². The molecule has 4 nitrogen and oxygen atoms in total. The fraction of sp³-hybridized carbons (Fsp3) is 0.269. The van der Waals surface area contributed by atoms with Gasteiger partial charge in [0.1, 0.15) is 11.6 Å². The van der Waals surface area contributed by atoms with E-state index in [1.807, 2.05) is 18.2 Å². The van der Waals surface area contributed by atoms with E-state index < -0.39 is 5.82 Å². The summed E-state index contributed by atoms with van der Waals surface area (Å²) in [5, 5.41) is 3.50. The number of piperidine rings is 1. The van der Waals surface area contributed by atoms with Gasteiger partial charge in [0, 0.05) is 34.9 Å². The van der Waals surface area contributed by atoms with Crippen molar-refractivity contribution >= 4 is 29.0 Å². The molecule has 2 amide bonds. The number of fused-ring (bicyclic) bond motifs is 2. The van der Waals surface area contributed by atoms with Gasteiger partial charge < -0.3 is 5.32 Å². The number of nitrogens with zero attached hydrogens (tertiary/aromatic N) is 2. The molecule has 0 saturated carbocycles. The predicted octanol–water partition coefficient (Wildman–Crippen LogP) is 6.20. The van der Waals surface area contributed by atoms with Crippen LogP contribution < -0.4 is 10.2 Å². The van der Waals surface area contributed by atoms with E-state index in [2.05, 4.69) is 16.3 Å². The predicted molar refractivity (Wildman–Crippen MR) is 127 cm³/mol. The molecule has 3 aromatic carbocycles. The smallest absolute Gasteiger partial charge is 0.307 e. The number of amides is 2. The first-order valence-corrected chi connectivity index (χ1v) is 11.4. The molecule has 0 unspecified atom stereocenters. The van der Waals surface area contributed by atoms with Crippen LogP contribution in [0.3, 0.4) is 0 Å². The average molecular weight is 468 g/mol. The summed E-state index contributed by atoms with van der Waals surface area (Å²) in [6, 6.07) is 17.9. The Morgan fingerprint density at radius 2 is 1.73 bits per heavy atom. The molecule has 3 aromatic rings. The summed E-state index contributed by atoms with van der Waals surface area (Å²) in [5.41, 5.74) is 2.84. The highest BCUT2D eigenvalue weighted by Gasteiger charge is 2.46. The Kier molecular flexibility index (Phi) is 5.81. The Morgan fingerprint density at radius 1 is 0.970 bits per heavy atom. The molecule has 0 aromatic heterocycles. The standard InChI is InChI=1S/C26H24ClF2N3O/c27-19-4-1-3-18(13-19)16-31-11-9-26(10-12-31)17-32(24-8-7-21(29)15-23(24)26)25(33)30-22-6-2-5-20(28)14-22/h1-8,13-15H,9-12,16-17H2,(H,30,33). The Morgan fingerprint density at radius 3 is 2.48 bits per heavy atom. The molecule has 2 heterocycles. The molecular weight excluding hydrogens is 444 g/mol. The largest absolute Gasteiger partial charge is 0.326 e. The van der Waals surface area contributed by atoms with E-state index in [1.165, 1.54) is 18.2 Å². The number of urea groups is 1. The number of carbonyl (C=O) groups is 1. The Hall–Kier alpha value is -2.96. The third-order valence-corrected chi connectivity index (χ3v) is 6.95. The summed E-state index contributed by atoms with van der Waals surface area (Å²) < 4.78 is 27.8. The second-order valence-corrected chi connectivity index (χ2v) is 9.31. The van der Waals surface area contributed by atoms with E-state index in [0.29, 0.717) is 17.9 Å². The van der Waals surface area contributed by atoms with Gasteiger partial charge in [-0.2, -0.15) is 0 Å². The van der Waals surface area contributed by atoms with Crippen LogP contribution >= 0.6 is 11.6 Å². The lowest BCUT2D eigenvalue weighted by atomic mass is 9.74. The molecule has 0 aliphatic carbocycles. The van der Waals surface area contributed by atoms with Crippen LogP contribution in [0.2, 0.25) is 5.02 Å². The highest BCUT2D eigenvalue weighted by molar-refractivity contribution is 6.30. The van der Waals surface area contributed by atoms with Crippen molar-refractivity contribution in [3.8, 4) is 0 Å².